The summed E-state index contributed by atoms with van der Waals surface area (Å²) in [6, 6.07) is 9.22. The molecule has 0 aliphatic carbocycles. The van der Waals surface area contributed by atoms with Gasteiger partial charge in [0.1, 0.15) is 0 Å². The van der Waals surface area contributed by atoms with Crippen LogP contribution in [0.2, 0.25) is 5.02 Å². The molecule has 1 aliphatic heterocycles. The minimum Gasteiger partial charge on any atom is -0.381 e. The topological polar surface area (TPSA) is 15.3 Å². The van der Waals surface area contributed by atoms with E-state index in [0.717, 1.165) is 10.7 Å². The number of likely N-dealkylation sites (tertiary alicyclic amines) is 1. The molecular weight excluding hydrogens is 244 g/mol. The van der Waals surface area contributed by atoms with Gasteiger partial charge in [0.05, 0.1) is 10.7 Å². The Kier molecular flexibility index (Phi) is 4.90. The molecule has 0 aromatic heterocycles. The van der Waals surface area contributed by atoms with Gasteiger partial charge in [0, 0.05) is 18.6 Å². The van der Waals surface area contributed by atoms with Crippen LogP contribution in [0.3, 0.4) is 0 Å². The second kappa shape index (κ2) is 6.44. The lowest BCUT2D eigenvalue weighted by molar-refractivity contribution is 0.230. The summed E-state index contributed by atoms with van der Waals surface area (Å²) < 4.78 is 0. The molecule has 100 valence electrons. The number of hydrogen-bond donors (Lipinski definition) is 1. The molecule has 1 N–H and O–H groups in total. The van der Waals surface area contributed by atoms with Gasteiger partial charge in [-0.3, -0.25) is 0 Å². The van der Waals surface area contributed by atoms with Gasteiger partial charge in [-0.1, -0.05) is 23.7 Å². The molecule has 0 bridgehead atoms. The fourth-order valence-corrected chi connectivity index (χ4v) is 2.77. The van der Waals surface area contributed by atoms with Crippen LogP contribution in [-0.2, 0) is 0 Å². The van der Waals surface area contributed by atoms with Crippen molar-refractivity contribution in [2.75, 3.05) is 18.4 Å². The lowest BCUT2D eigenvalue weighted by atomic mass is 10.1. The molecule has 0 saturated carbocycles. The van der Waals surface area contributed by atoms with Crippen LogP contribution in [0.4, 0.5) is 5.69 Å². The van der Waals surface area contributed by atoms with E-state index >= 15 is 0 Å². The van der Waals surface area contributed by atoms with Gasteiger partial charge in [-0.05, 0) is 51.8 Å². The third-order valence-corrected chi connectivity index (χ3v) is 4.06. The van der Waals surface area contributed by atoms with Gasteiger partial charge >= 0.3 is 0 Å². The molecule has 0 radical (unpaired) electrons. The summed E-state index contributed by atoms with van der Waals surface area (Å²) >= 11 is 6.19. The van der Waals surface area contributed by atoms with Crippen LogP contribution in [-0.4, -0.2) is 30.1 Å². The van der Waals surface area contributed by atoms with E-state index in [1.54, 1.807) is 0 Å². The molecule has 18 heavy (non-hydrogen) atoms. The van der Waals surface area contributed by atoms with Crippen molar-refractivity contribution in [3.05, 3.63) is 29.3 Å². The van der Waals surface area contributed by atoms with Crippen LogP contribution in [0.5, 0.6) is 0 Å². The predicted molar refractivity (Wildman–Crippen MR) is 79.4 cm³/mol. The first-order chi connectivity index (χ1) is 8.66. The van der Waals surface area contributed by atoms with Crippen molar-refractivity contribution in [2.45, 2.75) is 45.2 Å². The van der Waals surface area contributed by atoms with Gasteiger partial charge in [-0.15, -0.1) is 0 Å². The highest BCUT2D eigenvalue weighted by Gasteiger charge is 2.18. The van der Waals surface area contributed by atoms with E-state index in [-0.39, 0.29) is 0 Å². The number of hydrogen-bond acceptors (Lipinski definition) is 2. The number of nitrogens with zero attached hydrogens (tertiary/aromatic N) is 1. The van der Waals surface area contributed by atoms with E-state index in [4.69, 9.17) is 11.6 Å². The second-order valence-corrected chi connectivity index (χ2v) is 5.79. The fourth-order valence-electron chi connectivity index (χ4n) is 2.58. The largest absolute Gasteiger partial charge is 0.381 e. The Labute approximate surface area is 115 Å². The summed E-state index contributed by atoms with van der Waals surface area (Å²) in [5.74, 6) is 0. The van der Waals surface area contributed by atoms with E-state index in [0.29, 0.717) is 12.1 Å². The molecule has 1 unspecified atom stereocenters. The zero-order valence-corrected chi connectivity index (χ0v) is 12.1. The normalized spacial score (nSPS) is 21.9. The number of nitrogens with one attached hydrogen (secondary N) is 1. The molecule has 1 aliphatic rings. The molecule has 2 rings (SSSR count). The number of halogens is 1. The second-order valence-electron chi connectivity index (χ2n) is 5.38. The highest BCUT2D eigenvalue weighted by Crippen LogP contribution is 2.24. The van der Waals surface area contributed by atoms with Crippen LogP contribution in [0.1, 0.15) is 33.1 Å². The van der Waals surface area contributed by atoms with Crippen molar-refractivity contribution in [1.29, 1.82) is 0 Å². The van der Waals surface area contributed by atoms with Crippen LogP contribution >= 0.6 is 11.6 Å². The molecule has 0 spiro atoms. The summed E-state index contributed by atoms with van der Waals surface area (Å²) in [5.41, 5.74) is 1.07. The van der Waals surface area contributed by atoms with Crippen molar-refractivity contribution in [3.8, 4) is 0 Å². The van der Waals surface area contributed by atoms with Gasteiger partial charge in [-0.25, -0.2) is 0 Å². The Morgan fingerprint density at radius 3 is 2.72 bits per heavy atom. The van der Waals surface area contributed by atoms with Gasteiger partial charge in [-0.2, -0.15) is 0 Å². The van der Waals surface area contributed by atoms with Gasteiger partial charge in [0.15, 0.2) is 0 Å². The SMILES string of the molecule is CC(C)N1CCCC(Nc2ccccc2Cl)CC1. The Morgan fingerprint density at radius 2 is 2.00 bits per heavy atom. The Bertz CT molecular complexity index is 379. The standard InChI is InChI=1S/C15H23ClN2/c1-12(2)18-10-5-6-13(9-11-18)17-15-8-4-3-7-14(15)16/h3-4,7-8,12-13,17H,5-6,9-11H2,1-2H3. The first kappa shape index (κ1) is 13.7. The zero-order valence-electron chi connectivity index (χ0n) is 11.3. The third kappa shape index (κ3) is 3.63. The van der Waals surface area contributed by atoms with Gasteiger partial charge in [0.25, 0.3) is 0 Å². The maximum Gasteiger partial charge on any atom is 0.0637 e. The van der Waals surface area contributed by atoms with Crippen molar-refractivity contribution in [2.24, 2.45) is 0 Å². The molecule has 1 aromatic carbocycles. The monoisotopic (exact) mass is 266 g/mol. The number of rotatable bonds is 3. The van der Waals surface area contributed by atoms with E-state index in [1.165, 1.54) is 32.4 Å². The molecule has 1 aromatic rings. The van der Waals surface area contributed by atoms with Crippen molar-refractivity contribution < 1.29 is 0 Å². The maximum atomic E-state index is 6.19. The number of anilines is 1. The smallest absolute Gasteiger partial charge is 0.0637 e. The third-order valence-electron chi connectivity index (χ3n) is 3.73. The predicted octanol–water partition coefficient (Wildman–Crippen LogP) is 4.01. The first-order valence-corrected chi connectivity index (χ1v) is 7.29. The van der Waals surface area contributed by atoms with Crippen molar-refractivity contribution in [3.63, 3.8) is 0 Å². The average Bonchev–Trinajstić information content (AvgIpc) is 2.58. The van der Waals surface area contributed by atoms with Gasteiger partial charge in [0.2, 0.25) is 0 Å². The van der Waals surface area contributed by atoms with Crippen molar-refractivity contribution in [1.82, 2.24) is 4.90 Å². The Morgan fingerprint density at radius 1 is 1.22 bits per heavy atom. The summed E-state index contributed by atoms with van der Waals surface area (Å²) in [4.78, 5) is 2.56. The molecule has 1 atom stereocenters. The summed E-state index contributed by atoms with van der Waals surface area (Å²) in [6.45, 7) is 6.96. The fraction of sp³-hybridized carbons (Fsp3) is 0.600. The molecule has 0 amide bonds. The van der Waals surface area contributed by atoms with Crippen LogP contribution in [0.25, 0.3) is 0 Å². The lowest BCUT2D eigenvalue weighted by Gasteiger charge is -2.24. The molecule has 3 heteroatoms. The molecule has 2 nitrogen and oxygen atoms in total. The Hall–Kier alpha value is -0.730. The van der Waals surface area contributed by atoms with E-state index in [1.807, 2.05) is 18.2 Å². The highest BCUT2D eigenvalue weighted by atomic mass is 35.5. The molecular formula is C15H23ClN2. The highest BCUT2D eigenvalue weighted by molar-refractivity contribution is 6.33. The summed E-state index contributed by atoms with van der Waals surface area (Å²) in [5, 5.41) is 4.41. The van der Waals surface area contributed by atoms with E-state index in [9.17, 15) is 0 Å². The van der Waals surface area contributed by atoms with E-state index in [2.05, 4.69) is 30.1 Å². The van der Waals surface area contributed by atoms with Crippen LogP contribution in [0.15, 0.2) is 24.3 Å². The average molecular weight is 267 g/mol. The molecule has 1 fully saturated rings. The number of benzene rings is 1. The quantitative estimate of drug-likeness (QED) is 0.889. The first-order valence-electron chi connectivity index (χ1n) is 6.92. The molecule has 1 saturated heterocycles. The maximum absolute atomic E-state index is 6.19. The zero-order chi connectivity index (χ0) is 13.0. The summed E-state index contributed by atoms with van der Waals surface area (Å²) in [6.07, 6.45) is 3.69. The summed E-state index contributed by atoms with van der Waals surface area (Å²) in [7, 11) is 0. The van der Waals surface area contributed by atoms with Crippen LogP contribution in [0, 0.1) is 0 Å². The van der Waals surface area contributed by atoms with Gasteiger partial charge < -0.3 is 10.2 Å². The van der Waals surface area contributed by atoms with Crippen LogP contribution < -0.4 is 5.32 Å². The lowest BCUT2D eigenvalue weighted by Crippen LogP contribution is -2.32. The number of para-hydroxylation sites is 1. The minimum absolute atomic E-state index is 0.550. The molecule has 1 heterocycles. The minimum atomic E-state index is 0.550. The Balaban J connectivity index is 1.93. The van der Waals surface area contributed by atoms with Crippen molar-refractivity contribution >= 4 is 17.3 Å². The van der Waals surface area contributed by atoms with E-state index < -0.39 is 0 Å².